The van der Waals surface area contributed by atoms with Gasteiger partial charge in [-0.25, -0.2) is 13.8 Å². The van der Waals surface area contributed by atoms with Crippen molar-refractivity contribution in [3.63, 3.8) is 0 Å². The minimum atomic E-state index is -0.681. The molecule has 0 aliphatic rings. The second-order valence-corrected chi connectivity index (χ2v) is 5.19. The van der Waals surface area contributed by atoms with Gasteiger partial charge in [0.1, 0.15) is 11.6 Å². The molecular weight excluding hydrogens is 332 g/mol. The second-order valence-electron chi connectivity index (χ2n) is 4.33. The molecule has 0 radical (unpaired) electrons. The van der Waals surface area contributed by atoms with Crippen molar-refractivity contribution in [3.05, 3.63) is 40.6 Å². The minimum Gasteiger partial charge on any atom is -0.383 e. The van der Waals surface area contributed by atoms with Gasteiger partial charge in [0.05, 0.1) is 22.8 Å². The third-order valence-electron chi connectivity index (χ3n) is 2.81. The zero-order valence-corrected chi connectivity index (χ0v) is 12.6. The van der Waals surface area contributed by atoms with Gasteiger partial charge in [-0.05, 0) is 28.9 Å². The maximum absolute atomic E-state index is 13.7. The van der Waals surface area contributed by atoms with Gasteiger partial charge in [-0.15, -0.1) is 0 Å². The first-order chi connectivity index (χ1) is 9.52. The molecule has 20 heavy (non-hydrogen) atoms. The molecule has 2 aromatic rings. The minimum absolute atomic E-state index is 0.0388. The van der Waals surface area contributed by atoms with E-state index >= 15 is 0 Å². The molecule has 0 fully saturated rings. The van der Waals surface area contributed by atoms with Crippen LogP contribution in [0, 0.1) is 11.6 Å². The van der Waals surface area contributed by atoms with E-state index < -0.39 is 11.6 Å². The van der Waals surface area contributed by atoms with Crippen molar-refractivity contribution in [2.75, 3.05) is 19.0 Å². The molecule has 4 nitrogen and oxygen atoms in total. The molecule has 1 N–H and O–H groups in total. The van der Waals surface area contributed by atoms with E-state index in [2.05, 4.69) is 26.2 Å². The van der Waals surface area contributed by atoms with Gasteiger partial charge in [0.25, 0.3) is 0 Å². The van der Waals surface area contributed by atoms with E-state index in [1.807, 2.05) is 11.5 Å². The third kappa shape index (κ3) is 3.16. The molecule has 0 aliphatic carbocycles. The number of halogens is 3. The van der Waals surface area contributed by atoms with Crippen molar-refractivity contribution in [3.8, 4) is 0 Å². The van der Waals surface area contributed by atoms with Crippen LogP contribution in [0.15, 0.2) is 29.0 Å². The fraction of sp³-hybridized carbons (Fsp3) is 0.308. The van der Waals surface area contributed by atoms with Crippen molar-refractivity contribution in [2.45, 2.75) is 13.0 Å². The number of aromatic nitrogens is 2. The fourth-order valence-corrected chi connectivity index (χ4v) is 2.17. The maximum atomic E-state index is 13.7. The topological polar surface area (TPSA) is 39.1 Å². The van der Waals surface area contributed by atoms with Crippen LogP contribution in [0.1, 0.15) is 13.0 Å². The van der Waals surface area contributed by atoms with E-state index in [4.69, 9.17) is 4.74 Å². The number of benzene rings is 1. The number of anilines is 2. The lowest BCUT2D eigenvalue weighted by molar-refractivity contribution is 0.163. The van der Waals surface area contributed by atoms with E-state index in [9.17, 15) is 8.78 Å². The molecule has 1 unspecified atom stereocenters. The SMILES string of the molecule is COCC(C)n1ccnc1Nc1cc(Br)c(F)cc1F. The highest BCUT2D eigenvalue weighted by Crippen LogP contribution is 2.26. The Morgan fingerprint density at radius 1 is 1.40 bits per heavy atom. The van der Waals surface area contributed by atoms with Crippen LogP contribution in [0.4, 0.5) is 20.4 Å². The Balaban J connectivity index is 2.27. The maximum Gasteiger partial charge on any atom is 0.207 e. The molecule has 0 amide bonds. The quantitative estimate of drug-likeness (QED) is 0.836. The molecule has 1 heterocycles. The van der Waals surface area contributed by atoms with Crippen LogP contribution in [0.3, 0.4) is 0 Å². The van der Waals surface area contributed by atoms with Gasteiger partial charge in [-0.2, -0.15) is 0 Å². The second kappa shape index (κ2) is 6.32. The van der Waals surface area contributed by atoms with Gasteiger partial charge >= 0.3 is 0 Å². The molecule has 1 atom stereocenters. The summed E-state index contributed by atoms with van der Waals surface area (Å²) < 4.78 is 34.0. The number of hydrogen-bond donors (Lipinski definition) is 1. The van der Waals surface area contributed by atoms with Crippen LogP contribution >= 0.6 is 15.9 Å². The summed E-state index contributed by atoms with van der Waals surface area (Å²) in [6.07, 6.45) is 3.37. The lowest BCUT2D eigenvalue weighted by atomic mass is 10.3. The fourth-order valence-electron chi connectivity index (χ4n) is 1.83. The third-order valence-corrected chi connectivity index (χ3v) is 3.42. The van der Waals surface area contributed by atoms with Crippen LogP contribution in [0.2, 0.25) is 0 Å². The van der Waals surface area contributed by atoms with Crippen LogP contribution in [0.5, 0.6) is 0 Å². The summed E-state index contributed by atoms with van der Waals surface area (Å²) >= 11 is 3.03. The predicted molar refractivity (Wildman–Crippen MR) is 76.2 cm³/mol. The highest BCUT2D eigenvalue weighted by Gasteiger charge is 2.13. The number of rotatable bonds is 5. The van der Waals surface area contributed by atoms with Gasteiger partial charge < -0.3 is 14.6 Å². The summed E-state index contributed by atoms with van der Waals surface area (Å²) in [4.78, 5) is 4.13. The highest BCUT2D eigenvalue weighted by molar-refractivity contribution is 9.10. The predicted octanol–water partition coefficient (Wildman–Crippen LogP) is 3.87. The van der Waals surface area contributed by atoms with Crippen molar-refractivity contribution < 1.29 is 13.5 Å². The molecule has 0 spiro atoms. The van der Waals surface area contributed by atoms with E-state index in [1.165, 1.54) is 6.07 Å². The Kier molecular flexibility index (Phi) is 4.72. The van der Waals surface area contributed by atoms with E-state index in [0.717, 1.165) is 6.07 Å². The summed E-state index contributed by atoms with van der Waals surface area (Å²) in [5, 5.41) is 2.85. The average Bonchev–Trinajstić information content (AvgIpc) is 2.84. The average molecular weight is 346 g/mol. The summed E-state index contributed by atoms with van der Waals surface area (Å²) in [5.41, 5.74) is 0.148. The summed E-state index contributed by atoms with van der Waals surface area (Å²) in [6, 6.07) is 2.19. The van der Waals surface area contributed by atoms with E-state index in [1.54, 1.807) is 19.5 Å². The first-order valence-corrected chi connectivity index (χ1v) is 6.75. The van der Waals surface area contributed by atoms with Gasteiger partial charge in [-0.1, -0.05) is 0 Å². The summed E-state index contributed by atoms with van der Waals surface area (Å²) in [6.45, 7) is 2.45. The molecule has 0 saturated heterocycles. The smallest absolute Gasteiger partial charge is 0.207 e. The van der Waals surface area contributed by atoms with Crippen LogP contribution in [0.25, 0.3) is 0 Å². The Bertz CT molecular complexity index is 603. The van der Waals surface area contributed by atoms with Crippen LogP contribution in [-0.4, -0.2) is 23.3 Å². The lowest BCUT2D eigenvalue weighted by Gasteiger charge is -2.16. The molecule has 0 aliphatic heterocycles. The number of imidazole rings is 1. The van der Waals surface area contributed by atoms with Crippen molar-refractivity contribution in [1.29, 1.82) is 0 Å². The molecule has 2 rings (SSSR count). The van der Waals surface area contributed by atoms with Crippen molar-refractivity contribution >= 4 is 27.6 Å². The first kappa shape index (κ1) is 14.9. The monoisotopic (exact) mass is 345 g/mol. The zero-order chi connectivity index (χ0) is 14.7. The number of hydrogen-bond acceptors (Lipinski definition) is 3. The van der Waals surface area contributed by atoms with Crippen LogP contribution < -0.4 is 5.32 Å². The van der Waals surface area contributed by atoms with E-state index in [-0.39, 0.29) is 16.2 Å². The Hall–Kier alpha value is -1.47. The highest BCUT2D eigenvalue weighted by atomic mass is 79.9. The molecular formula is C13H14BrF2N3O. The normalized spacial score (nSPS) is 12.4. The number of nitrogens with zero attached hydrogens (tertiary/aromatic N) is 2. The van der Waals surface area contributed by atoms with Gasteiger partial charge in [0, 0.05) is 25.6 Å². The van der Waals surface area contributed by atoms with Crippen molar-refractivity contribution in [1.82, 2.24) is 9.55 Å². The molecule has 108 valence electrons. The molecule has 0 saturated carbocycles. The molecule has 7 heteroatoms. The van der Waals surface area contributed by atoms with Crippen molar-refractivity contribution in [2.24, 2.45) is 0 Å². The lowest BCUT2D eigenvalue weighted by Crippen LogP contribution is -2.13. The van der Waals surface area contributed by atoms with Crippen LogP contribution in [-0.2, 0) is 4.74 Å². The number of nitrogens with one attached hydrogen (secondary N) is 1. The zero-order valence-electron chi connectivity index (χ0n) is 11.0. The van der Waals surface area contributed by atoms with E-state index in [0.29, 0.717) is 12.6 Å². The van der Waals surface area contributed by atoms with Gasteiger partial charge in [0.15, 0.2) is 0 Å². The first-order valence-electron chi connectivity index (χ1n) is 5.96. The molecule has 1 aromatic carbocycles. The Morgan fingerprint density at radius 2 is 2.15 bits per heavy atom. The van der Waals surface area contributed by atoms with Gasteiger partial charge in [0.2, 0.25) is 5.95 Å². The summed E-state index contributed by atoms with van der Waals surface area (Å²) in [5.74, 6) is -0.865. The standard InChI is InChI=1S/C13H14BrF2N3O/c1-8(7-20-2)19-4-3-17-13(19)18-12-5-9(14)10(15)6-11(12)16/h3-6,8H,7H2,1-2H3,(H,17,18). The molecule has 0 bridgehead atoms. The molecule has 1 aromatic heterocycles. The Labute approximate surface area is 123 Å². The number of methoxy groups -OCH3 is 1. The van der Waals surface area contributed by atoms with Gasteiger partial charge in [-0.3, -0.25) is 0 Å². The summed E-state index contributed by atoms with van der Waals surface area (Å²) in [7, 11) is 1.61. The Morgan fingerprint density at radius 3 is 2.85 bits per heavy atom. The number of ether oxygens (including phenoxy) is 1. The largest absolute Gasteiger partial charge is 0.383 e.